The molecule has 2 N–H and O–H groups in total. The van der Waals surface area contributed by atoms with Crippen LogP contribution in [0.2, 0.25) is 0 Å². The Morgan fingerprint density at radius 3 is 2.53 bits per heavy atom. The van der Waals surface area contributed by atoms with E-state index in [4.69, 9.17) is 5.14 Å². The molecule has 0 aromatic heterocycles. The normalized spacial score (nSPS) is 13.1. The third-order valence-corrected chi connectivity index (χ3v) is 3.98. The first-order valence-electron chi connectivity index (χ1n) is 5.78. The molecule has 0 saturated carbocycles. The van der Waals surface area contributed by atoms with Gasteiger partial charge in [0.15, 0.2) is 0 Å². The molecule has 0 radical (unpaired) electrons. The van der Waals surface area contributed by atoms with Crippen LogP contribution in [0.4, 0.5) is 4.39 Å². The molecular formula is C12H17FN2O3S. The van der Waals surface area contributed by atoms with Gasteiger partial charge in [0.25, 0.3) is 5.91 Å². The van der Waals surface area contributed by atoms with Crippen LogP contribution in [-0.4, -0.2) is 32.3 Å². The number of nitrogens with zero attached hydrogens (tertiary/aromatic N) is 1. The highest BCUT2D eigenvalue weighted by Gasteiger charge is 2.21. The van der Waals surface area contributed by atoms with Crippen LogP contribution in [-0.2, 0) is 10.0 Å². The average molecular weight is 288 g/mol. The molecule has 106 valence electrons. The fourth-order valence-electron chi connectivity index (χ4n) is 1.53. The van der Waals surface area contributed by atoms with Crippen molar-refractivity contribution in [2.75, 3.05) is 7.05 Å². The van der Waals surface area contributed by atoms with Gasteiger partial charge in [-0.3, -0.25) is 4.79 Å². The van der Waals surface area contributed by atoms with Gasteiger partial charge in [-0.2, -0.15) is 0 Å². The smallest absolute Gasteiger partial charge is 0.253 e. The molecule has 0 aliphatic carbocycles. The number of primary sulfonamides is 1. The van der Waals surface area contributed by atoms with Crippen LogP contribution < -0.4 is 5.14 Å². The monoisotopic (exact) mass is 288 g/mol. The summed E-state index contributed by atoms with van der Waals surface area (Å²) in [5.74, 6) is -1.34. The van der Waals surface area contributed by atoms with E-state index in [0.717, 1.165) is 18.6 Å². The Balaban J connectivity index is 3.20. The first kappa shape index (κ1) is 15.6. The molecule has 1 unspecified atom stereocenters. The van der Waals surface area contributed by atoms with Gasteiger partial charge in [0.2, 0.25) is 10.0 Å². The number of halogens is 1. The molecule has 0 spiro atoms. The van der Waals surface area contributed by atoms with E-state index in [1.54, 1.807) is 7.05 Å². The quantitative estimate of drug-likeness (QED) is 0.908. The van der Waals surface area contributed by atoms with Crippen molar-refractivity contribution in [2.24, 2.45) is 5.14 Å². The molecule has 1 aromatic carbocycles. The van der Waals surface area contributed by atoms with E-state index in [-0.39, 0.29) is 17.5 Å². The highest BCUT2D eigenvalue weighted by molar-refractivity contribution is 7.89. The van der Waals surface area contributed by atoms with Crippen molar-refractivity contribution < 1.29 is 17.6 Å². The summed E-state index contributed by atoms with van der Waals surface area (Å²) in [6.45, 7) is 3.79. The molecular weight excluding hydrogens is 271 g/mol. The minimum Gasteiger partial charge on any atom is -0.339 e. The van der Waals surface area contributed by atoms with Crippen molar-refractivity contribution in [3.8, 4) is 0 Å². The number of carbonyl (C=O) groups is 1. The third-order valence-electron chi connectivity index (χ3n) is 3.06. The Bertz CT molecular complexity index is 587. The summed E-state index contributed by atoms with van der Waals surface area (Å²) < 4.78 is 35.8. The maximum atomic E-state index is 13.4. The van der Waals surface area contributed by atoms with Crippen LogP contribution in [0.5, 0.6) is 0 Å². The summed E-state index contributed by atoms with van der Waals surface area (Å²) in [5, 5.41) is 4.90. The van der Waals surface area contributed by atoms with Crippen LogP contribution >= 0.6 is 0 Å². The molecule has 1 aromatic rings. The minimum absolute atomic E-state index is 0.00418. The lowest BCUT2D eigenvalue weighted by Gasteiger charge is -2.24. The van der Waals surface area contributed by atoms with Crippen molar-refractivity contribution >= 4 is 15.9 Å². The van der Waals surface area contributed by atoms with E-state index in [2.05, 4.69) is 0 Å². The lowest BCUT2D eigenvalue weighted by molar-refractivity contribution is 0.0740. The van der Waals surface area contributed by atoms with Gasteiger partial charge in [-0.15, -0.1) is 0 Å². The molecule has 0 bridgehead atoms. The molecule has 0 saturated heterocycles. The predicted molar refractivity (Wildman–Crippen MR) is 69.6 cm³/mol. The summed E-state index contributed by atoms with van der Waals surface area (Å²) >= 11 is 0. The molecule has 7 heteroatoms. The van der Waals surface area contributed by atoms with Crippen LogP contribution in [0.25, 0.3) is 0 Å². The zero-order chi connectivity index (χ0) is 14.8. The molecule has 0 heterocycles. The topological polar surface area (TPSA) is 80.5 Å². The van der Waals surface area contributed by atoms with E-state index in [9.17, 15) is 17.6 Å². The van der Waals surface area contributed by atoms with Gasteiger partial charge >= 0.3 is 0 Å². The van der Waals surface area contributed by atoms with Gasteiger partial charge in [-0.1, -0.05) is 6.92 Å². The summed E-state index contributed by atoms with van der Waals surface area (Å²) in [6.07, 6.45) is 0.755. The number of rotatable bonds is 4. The molecule has 1 rings (SSSR count). The summed E-state index contributed by atoms with van der Waals surface area (Å²) in [4.78, 5) is 12.9. The number of amides is 1. The molecule has 19 heavy (non-hydrogen) atoms. The maximum Gasteiger partial charge on any atom is 0.253 e. The lowest BCUT2D eigenvalue weighted by Crippen LogP contribution is -2.34. The Labute approximate surface area is 112 Å². The number of carbonyl (C=O) groups excluding carboxylic acids is 1. The van der Waals surface area contributed by atoms with Crippen LogP contribution in [0.1, 0.15) is 30.6 Å². The standard InChI is InChI=1S/C12H17FN2O3S/c1-4-8(2)15(3)12(16)9-5-6-10(13)11(7-9)19(14,17)18/h5-8H,4H2,1-3H3,(H2,14,17,18). The van der Waals surface area contributed by atoms with E-state index >= 15 is 0 Å². The molecule has 0 aliphatic rings. The van der Waals surface area contributed by atoms with Crippen LogP contribution in [0.15, 0.2) is 23.1 Å². The number of nitrogens with two attached hydrogens (primary N) is 1. The average Bonchev–Trinajstić information content (AvgIpc) is 2.35. The Morgan fingerprint density at radius 2 is 2.05 bits per heavy atom. The maximum absolute atomic E-state index is 13.4. The van der Waals surface area contributed by atoms with Crippen molar-refractivity contribution in [1.29, 1.82) is 0 Å². The van der Waals surface area contributed by atoms with Crippen molar-refractivity contribution in [3.63, 3.8) is 0 Å². The third kappa shape index (κ3) is 3.51. The highest BCUT2D eigenvalue weighted by atomic mass is 32.2. The largest absolute Gasteiger partial charge is 0.339 e. The Kier molecular flexibility index (Phi) is 4.65. The van der Waals surface area contributed by atoms with Gasteiger partial charge in [-0.05, 0) is 31.5 Å². The molecule has 1 amide bonds. The van der Waals surface area contributed by atoms with E-state index in [0.29, 0.717) is 0 Å². The highest BCUT2D eigenvalue weighted by Crippen LogP contribution is 2.17. The fourth-order valence-corrected chi connectivity index (χ4v) is 2.16. The van der Waals surface area contributed by atoms with Gasteiger partial charge in [-0.25, -0.2) is 17.9 Å². The van der Waals surface area contributed by atoms with Gasteiger partial charge in [0, 0.05) is 18.7 Å². The predicted octanol–water partition coefficient (Wildman–Crippen LogP) is 1.34. The van der Waals surface area contributed by atoms with E-state index in [1.165, 1.54) is 11.0 Å². The van der Waals surface area contributed by atoms with Crippen LogP contribution in [0.3, 0.4) is 0 Å². The fraction of sp³-hybridized carbons (Fsp3) is 0.417. The van der Waals surface area contributed by atoms with E-state index < -0.39 is 20.7 Å². The molecule has 0 fully saturated rings. The number of sulfonamides is 1. The van der Waals surface area contributed by atoms with E-state index in [1.807, 2.05) is 13.8 Å². The molecule has 0 aliphatic heterocycles. The van der Waals surface area contributed by atoms with Crippen LogP contribution in [0, 0.1) is 5.82 Å². The summed E-state index contributed by atoms with van der Waals surface area (Å²) in [5.41, 5.74) is 0.0909. The van der Waals surface area contributed by atoms with Crippen molar-refractivity contribution in [3.05, 3.63) is 29.6 Å². The number of hydrogen-bond donors (Lipinski definition) is 1. The zero-order valence-corrected chi connectivity index (χ0v) is 11.9. The summed E-state index contributed by atoms with van der Waals surface area (Å²) in [7, 11) is -2.58. The minimum atomic E-state index is -4.19. The second kappa shape index (κ2) is 5.66. The zero-order valence-electron chi connectivity index (χ0n) is 11.1. The van der Waals surface area contributed by atoms with Crippen molar-refractivity contribution in [2.45, 2.75) is 31.2 Å². The van der Waals surface area contributed by atoms with Gasteiger partial charge < -0.3 is 4.90 Å². The second-order valence-electron chi connectivity index (χ2n) is 4.36. The number of hydrogen-bond acceptors (Lipinski definition) is 3. The summed E-state index contributed by atoms with van der Waals surface area (Å²) in [6, 6.07) is 3.13. The number of benzene rings is 1. The first-order chi connectivity index (χ1) is 8.68. The Morgan fingerprint density at radius 1 is 1.47 bits per heavy atom. The lowest BCUT2D eigenvalue weighted by atomic mass is 10.1. The second-order valence-corrected chi connectivity index (χ2v) is 5.89. The molecule has 1 atom stereocenters. The SMILES string of the molecule is CCC(C)N(C)C(=O)c1ccc(F)c(S(N)(=O)=O)c1. The first-order valence-corrected chi connectivity index (χ1v) is 7.32. The van der Waals surface area contributed by atoms with Gasteiger partial charge in [0.05, 0.1) is 0 Å². The van der Waals surface area contributed by atoms with Gasteiger partial charge in [0.1, 0.15) is 10.7 Å². The Hall–Kier alpha value is -1.47. The van der Waals surface area contributed by atoms with Crippen molar-refractivity contribution in [1.82, 2.24) is 4.90 Å². The molecule has 5 nitrogen and oxygen atoms in total.